The molecule has 0 saturated carbocycles. The van der Waals surface area contributed by atoms with Gasteiger partial charge in [0.2, 0.25) is 11.9 Å². The predicted molar refractivity (Wildman–Crippen MR) is 101 cm³/mol. The zero-order valence-electron chi connectivity index (χ0n) is 15.8. The third-order valence-electron chi connectivity index (χ3n) is 4.44. The Kier molecular flexibility index (Phi) is 5.20. The van der Waals surface area contributed by atoms with Crippen molar-refractivity contribution in [3.8, 4) is 5.75 Å². The van der Waals surface area contributed by atoms with Crippen molar-refractivity contribution in [2.75, 3.05) is 27.2 Å². The molecule has 27 heavy (non-hydrogen) atoms. The van der Waals surface area contributed by atoms with Gasteiger partial charge in [0.15, 0.2) is 0 Å². The van der Waals surface area contributed by atoms with Crippen LogP contribution in [0.3, 0.4) is 0 Å². The van der Waals surface area contributed by atoms with Gasteiger partial charge in [0.1, 0.15) is 5.75 Å². The quantitative estimate of drug-likeness (QED) is 0.469. The molecule has 1 atom stereocenters. The van der Waals surface area contributed by atoms with E-state index in [1.807, 2.05) is 38.1 Å². The Morgan fingerprint density at radius 2 is 1.93 bits per heavy atom. The zero-order chi connectivity index (χ0) is 19.6. The number of carbonyl (C=O) groups is 2. The Labute approximate surface area is 157 Å². The molecular weight excluding hydrogens is 348 g/mol. The summed E-state index contributed by atoms with van der Waals surface area (Å²) >= 11 is 0. The first kappa shape index (κ1) is 18.6. The number of imide groups is 1. The van der Waals surface area contributed by atoms with E-state index in [0.29, 0.717) is 24.9 Å². The maximum absolute atomic E-state index is 12.5. The fourth-order valence-electron chi connectivity index (χ4n) is 3.00. The number of urea groups is 1. The number of hydrogen-bond donors (Lipinski definition) is 1. The molecule has 1 saturated heterocycles. The largest absolute Gasteiger partial charge is 0.494 e. The van der Waals surface area contributed by atoms with Crippen LogP contribution in [-0.2, 0) is 4.79 Å². The number of amidine groups is 1. The standard InChI is InChI=1S/C18H22N6O3/c1-5-24-14-15(22(3)18(26)23(4)16(14)25)20-17(24)21-19-11-12-7-9-13(10-8-12)27-6-2/h7-11,14H,5-6H2,1-4H3/p+1/b19-11+. The Morgan fingerprint density at radius 3 is 2.56 bits per heavy atom. The maximum atomic E-state index is 12.5. The number of rotatable bonds is 5. The first-order chi connectivity index (χ1) is 13.0. The van der Waals surface area contributed by atoms with Gasteiger partial charge in [-0.2, -0.15) is 5.43 Å². The van der Waals surface area contributed by atoms with Crippen LogP contribution in [0, 0.1) is 0 Å². The third-order valence-corrected chi connectivity index (χ3v) is 4.44. The van der Waals surface area contributed by atoms with Crippen LogP contribution in [0.15, 0.2) is 34.4 Å². The van der Waals surface area contributed by atoms with Crippen LogP contribution in [0.1, 0.15) is 19.4 Å². The molecule has 1 unspecified atom stereocenters. The lowest BCUT2D eigenvalue weighted by Gasteiger charge is -2.31. The molecule has 9 heteroatoms. The van der Waals surface area contributed by atoms with Crippen molar-refractivity contribution >= 4 is 29.9 Å². The first-order valence-corrected chi connectivity index (χ1v) is 8.77. The van der Waals surface area contributed by atoms with Gasteiger partial charge in [-0.25, -0.2) is 9.37 Å². The molecule has 9 nitrogen and oxygen atoms in total. The van der Waals surface area contributed by atoms with Gasteiger partial charge in [-0.1, -0.05) is 4.99 Å². The number of guanidine groups is 1. The number of aliphatic imine (C=N–C) groups is 1. The number of hydrazone groups is 1. The van der Waals surface area contributed by atoms with E-state index in [2.05, 4.69) is 15.5 Å². The highest BCUT2D eigenvalue weighted by Crippen LogP contribution is 2.18. The maximum Gasteiger partial charge on any atom is 0.413 e. The van der Waals surface area contributed by atoms with Crippen LogP contribution in [0.2, 0.25) is 0 Å². The highest BCUT2D eigenvalue weighted by Gasteiger charge is 2.50. The lowest BCUT2D eigenvalue weighted by molar-refractivity contribution is -0.533. The van der Waals surface area contributed by atoms with Gasteiger partial charge < -0.3 is 4.74 Å². The normalized spacial score (nSPS) is 19.7. The van der Waals surface area contributed by atoms with Gasteiger partial charge in [0.05, 0.1) is 19.4 Å². The molecule has 2 heterocycles. The summed E-state index contributed by atoms with van der Waals surface area (Å²) in [6.07, 6.45) is 1.65. The summed E-state index contributed by atoms with van der Waals surface area (Å²) in [6, 6.07) is 6.51. The first-order valence-electron chi connectivity index (χ1n) is 8.77. The van der Waals surface area contributed by atoms with Crippen LogP contribution < -0.4 is 10.2 Å². The number of carbonyl (C=O) groups excluding carboxylic acids is 2. The molecule has 0 bridgehead atoms. The average Bonchev–Trinajstić information content (AvgIpc) is 3.05. The molecule has 0 spiro atoms. The fraction of sp³-hybridized carbons (Fsp3) is 0.389. The summed E-state index contributed by atoms with van der Waals surface area (Å²) in [7, 11) is 3.08. The summed E-state index contributed by atoms with van der Waals surface area (Å²) in [5.74, 6) is 1.34. The van der Waals surface area contributed by atoms with Gasteiger partial charge in [-0.3, -0.25) is 14.6 Å². The minimum absolute atomic E-state index is 0.300. The molecule has 1 aromatic rings. The Bertz CT molecular complexity index is 843. The van der Waals surface area contributed by atoms with Gasteiger partial charge >= 0.3 is 12.0 Å². The third kappa shape index (κ3) is 3.40. The molecule has 3 amide bonds. The number of amides is 3. The van der Waals surface area contributed by atoms with Crippen molar-refractivity contribution < 1.29 is 18.9 Å². The SMILES string of the molecule is CCOc1ccc(/C=N/NC2=[N+](CC)C3C(=O)N(C)C(=O)N(C)C3=N2)cc1. The van der Waals surface area contributed by atoms with Crippen LogP contribution in [0.5, 0.6) is 5.75 Å². The van der Waals surface area contributed by atoms with Gasteiger partial charge in [0.25, 0.3) is 5.91 Å². The highest BCUT2D eigenvalue weighted by molar-refractivity contribution is 6.22. The highest BCUT2D eigenvalue weighted by atomic mass is 16.5. The molecule has 1 aromatic carbocycles. The van der Waals surface area contributed by atoms with Gasteiger partial charge in [0, 0.05) is 14.1 Å². The van der Waals surface area contributed by atoms with Crippen LogP contribution in [0.25, 0.3) is 0 Å². The van der Waals surface area contributed by atoms with Gasteiger partial charge in [-0.15, -0.1) is 5.10 Å². The van der Waals surface area contributed by atoms with Crippen molar-refractivity contribution in [1.29, 1.82) is 0 Å². The number of ether oxygens (including phenoxy) is 1. The van der Waals surface area contributed by atoms with E-state index in [0.717, 1.165) is 16.2 Å². The molecular formula is C18H23N6O3+. The molecule has 0 aromatic heterocycles. The summed E-state index contributed by atoms with van der Waals surface area (Å²) in [5.41, 5.74) is 3.77. The number of hydrogen-bond acceptors (Lipinski definition) is 6. The van der Waals surface area contributed by atoms with Crippen molar-refractivity contribution in [2.24, 2.45) is 10.1 Å². The van der Waals surface area contributed by atoms with E-state index in [-0.39, 0.29) is 5.91 Å². The van der Waals surface area contributed by atoms with Crippen LogP contribution in [-0.4, -0.2) is 77.6 Å². The number of benzene rings is 1. The second-order valence-electron chi connectivity index (χ2n) is 6.09. The average molecular weight is 371 g/mol. The second-order valence-corrected chi connectivity index (χ2v) is 6.09. The lowest BCUT2D eigenvalue weighted by atomic mass is 10.1. The molecule has 1 fully saturated rings. The lowest BCUT2D eigenvalue weighted by Crippen LogP contribution is -2.61. The Morgan fingerprint density at radius 1 is 1.22 bits per heavy atom. The van der Waals surface area contributed by atoms with Crippen LogP contribution in [0.4, 0.5) is 4.79 Å². The molecule has 0 radical (unpaired) electrons. The summed E-state index contributed by atoms with van der Waals surface area (Å²) < 4.78 is 7.19. The molecule has 2 aliphatic rings. The fourth-order valence-corrected chi connectivity index (χ4v) is 3.00. The molecule has 3 rings (SSSR count). The number of nitrogens with one attached hydrogen (secondary N) is 1. The topological polar surface area (TPSA) is 89.6 Å². The molecule has 1 N–H and O–H groups in total. The van der Waals surface area contributed by atoms with Gasteiger partial charge in [-0.05, 0) is 43.7 Å². The van der Waals surface area contributed by atoms with Crippen molar-refractivity contribution in [3.63, 3.8) is 0 Å². The number of fused-ring (bicyclic) bond motifs is 1. The zero-order valence-corrected chi connectivity index (χ0v) is 15.8. The molecule has 0 aliphatic carbocycles. The Hall–Kier alpha value is -3.23. The van der Waals surface area contributed by atoms with Crippen molar-refractivity contribution in [3.05, 3.63) is 29.8 Å². The monoisotopic (exact) mass is 371 g/mol. The van der Waals surface area contributed by atoms with E-state index in [4.69, 9.17) is 4.74 Å². The van der Waals surface area contributed by atoms with E-state index < -0.39 is 12.1 Å². The number of nitrogens with zero attached hydrogens (tertiary/aromatic N) is 5. The van der Waals surface area contributed by atoms with E-state index >= 15 is 0 Å². The van der Waals surface area contributed by atoms with Crippen molar-refractivity contribution in [1.82, 2.24) is 15.2 Å². The van der Waals surface area contributed by atoms with E-state index in [1.165, 1.54) is 11.9 Å². The van der Waals surface area contributed by atoms with Crippen molar-refractivity contribution in [2.45, 2.75) is 19.9 Å². The minimum atomic E-state index is -0.620. The summed E-state index contributed by atoms with van der Waals surface area (Å²) in [6.45, 7) is 5.01. The minimum Gasteiger partial charge on any atom is -0.494 e. The predicted octanol–water partition coefficient (Wildman–Crippen LogP) is 0.702. The van der Waals surface area contributed by atoms with E-state index in [1.54, 1.807) is 17.8 Å². The van der Waals surface area contributed by atoms with E-state index in [9.17, 15) is 9.59 Å². The smallest absolute Gasteiger partial charge is 0.413 e. The second kappa shape index (κ2) is 7.56. The molecule has 142 valence electrons. The summed E-state index contributed by atoms with van der Waals surface area (Å²) in [4.78, 5) is 31.6. The summed E-state index contributed by atoms with van der Waals surface area (Å²) in [5, 5.41) is 4.21. The number of likely N-dealkylation sites (N-methyl/N-ethyl adjacent to an activating group) is 3. The van der Waals surface area contributed by atoms with Crippen LogP contribution >= 0.6 is 0 Å². The molecule has 2 aliphatic heterocycles. The Balaban J connectivity index is 1.78.